The third kappa shape index (κ3) is 3.48. The maximum Gasteiger partial charge on any atom is 0.240 e. The van der Waals surface area contributed by atoms with Crippen molar-refractivity contribution in [3.05, 3.63) is 72.8 Å². The second-order valence-electron chi connectivity index (χ2n) is 5.56. The molecule has 0 aliphatic carbocycles. The molecular weight excluding hydrogens is 298 g/mol. The molecule has 0 aliphatic heterocycles. The molecule has 2 heteroatoms. The van der Waals surface area contributed by atoms with E-state index in [0.29, 0.717) is 0 Å². The van der Waals surface area contributed by atoms with Gasteiger partial charge in [-0.15, -0.1) is 0 Å². The van der Waals surface area contributed by atoms with Crippen molar-refractivity contribution in [1.82, 2.24) is 0 Å². The van der Waals surface area contributed by atoms with Gasteiger partial charge in [-0.25, -0.2) is 0 Å². The molecule has 1 heterocycles. The minimum Gasteiger partial charge on any atom is -0.186 e. The Bertz CT molecular complexity index is 767. The predicted molar refractivity (Wildman–Crippen MR) is 99.6 cm³/mol. The lowest BCUT2D eigenvalue weighted by Gasteiger charge is -2.10. The maximum absolute atomic E-state index is 2.44. The van der Waals surface area contributed by atoms with Gasteiger partial charge >= 0.3 is 0 Å². The van der Waals surface area contributed by atoms with Crippen LogP contribution in [0.3, 0.4) is 0 Å². The van der Waals surface area contributed by atoms with Crippen LogP contribution in [0.15, 0.2) is 77.8 Å². The van der Waals surface area contributed by atoms with Crippen molar-refractivity contribution in [3.8, 4) is 22.4 Å². The zero-order chi connectivity index (χ0) is 16.1. The van der Waals surface area contributed by atoms with Crippen molar-refractivity contribution in [2.75, 3.05) is 6.26 Å². The van der Waals surface area contributed by atoms with Gasteiger partial charge in [-0.2, -0.15) is 4.57 Å². The molecule has 0 spiro atoms. The molecule has 0 fully saturated rings. The molecule has 2 aromatic carbocycles. The molecule has 0 atom stereocenters. The van der Waals surface area contributed by atoms with Crippen LogP contribution in [0, 0.1) is 0 Å². The zero-order valence-corrected chi connectivity index (χ0v) is 14.5. The fourth-order valence-electron chi connectivity index (χ4n) is 2.87. The Morgan fingerprint density at radius 1 is 0.783 bits per heavy atom. The molecule has 3 rings (SSSR count). The van der Waals surface area contributed by atoms with Crippen LogP contribution in [0.4, 0.5) is 0 Å². The van der Waals surface area contributed by atoms with E-state index in [4.69, 9.17) is 0 Å². The fourth-order valence-corrected chi connectivity index (χ4v) is 3.52. The largest absolute Gasteiger partial charge is 0.240 e. The first kappa shape index (κ1) is 15.8. The van der Waals surface area contributed by atoms with Crippen LogP contribution in [0.2, 0.25) is 0 Å². The number of benzene rings is 2. The van der Waals surface area contributed by atoms with Crippen molar-refractivity contribution < 1.29 is 4.57 Å². The molecule has 0 amide bonds. The van der Waals surface area contributed by atoms with Crippen LogP contribution in [-0.2, 0) is 6.54 Å². The van der Waals surface area contributed by atoms with E-state index in [1.165, 1.54) is 27.4 Å². The average molecular weight is 320 g/mol. The number of nitrogens with zero attached hydrogens (tertiary/aromatic N) is 1. The standard InChI is InChI=1S/C21H22NS/c1-3-14-22-20(18-12-8-5-9-13-18)15-19(16-21(22)23-2)17-10-6-4-7-11-17/h4-13,15-16H,3,14H2,1-2H3/q+1. The van der Waals surface area contributed by atoms with E-state index in [0.717, 1.165) is 13.0 Å². The van der Waals surface area contributed by atoms with Gasteiger partial charge in [-0.05, 0) is 29.5 Å². The Morgan fingerprint density at radius 3 is 1.96 bits per heavy atom. The van der Waals surface area contributed by atoms with Gasteiger partial charge in [0.25, 0.3) is 0 Å². The van der Waals surface area contributed by atoms with Gasteiger partial charge < -0.3 is 0 Å². The Morgan fingerprint density at radius 2 is 1.39 bits per heavy atom. The molecule has 0 unspecified atom stereocenters. The van der Waals surface area contributed by atoms with Crippen LogP contribution in [-0.4, -0.2) is 6.26 Å². The van der Waals surface area contributed by atoms with E-state index in [9.17, 15) is 0 Å². The van der Waals surface area contributed by atoms with Gasteiger partial charge in [-0.3, -0.25) is 0 Å². The summed E-state index contributed by atoms with van der Waals surface area (Å²) in [5.41, 5.74) is 5.11. The van der Waals surface area contributed by atoms with E-state index >= 15 is 0 Å². The SMILES string of the molecule is CCC[n+]1c(SC)cc(-c2ccccc2)cc1-c1ccccc1. The molecular formula is C21H22NS+. The first-order valence-electron chi connectivity index (χ1n) is 8.06. The minimum absolute atomic E-state index is 1.04. The molecule has 3 aromatic rings. The van der Waals surface area contributed by atoms with Crippen molar-refractivity contribution in [2.24, 2.45) is 0 Å². The molecule has 23 heavy (non-hydrogen) atoms. The highest BCUT2D eigenvalue weighted by atomic mass is 32.2. The van der Waals surface area contributed by atoms with Crippen LogP contribution in [0.25, 0.3) is 22.4 Å². The Labute approximate surface area is 143 Å². The number of pyridine rings is 1. The summed E-state index contributed by atoms with van der Waals surface area (Å²) >= 11 is 1.82. The summed E-state index contributed by atoms with van der Waals surface area (Å²) in [5.74, 6) is 0. The highest BCUT2D eigenvalue weighted by molar-refractivity contribution is 7.98. The quantitative estimate of drug-likeness (QED) is 0.447. The Hall–Kier alpha value is -2.06. The van der Waals surface area contributed by atoms with Crippen LogP contribution < -0.4 is 4.57 Å². The van der Waals surface area contributed by atoms with Crippen LogP contribution in [0.5, 0.6) is 0 Å². The highest BCUT2D eigenvalue weighted by Gasteiger charge is 2.19. The van der Waals surface area contributed by atoms with Gasteiger partial charge in [0.2, 0.25) is 10.7 Å². The fraction of sp³-hybridized carbons (Fsp3) is 0.190. The number of hydrogen-bond acceptors (Lipinski definition) is 1. The molecule has 1 aromatic heterocycles. The molecule has 116 valence electrons. The van der Waals surface area contributed by atoms with E-state index in [1.54, 1.807) is 0 Å². The molecule has 1 nitrogen and oxygen atoms in total. The van der Waals surface area contributed by atoms with E-state index in [2.05, 4.69) is 90.5 Å². The normalized spacial score (nSPS) is 10.7. The van der Waals surface area contributed by atoms with Crippen molar-refractivity contribution >= 4 is 11.8 Å². The lowest BCUT2D eigenvalue weighted by atomic mass is 10.0. The van der Waals surface area contributed by atoms with E-state index < -0.39 is 0 Å². The zero-order valence-electron chi connectivity index (χ0n) is 13.7. The lowest BCUT2D eigenvalue weighted by molar-refractivity contribution is -0.722. The topological polar surface area (TPSA) is 3.88 Å². The first-order valence-corrected chi connectivity index (χ1v) is 9.28. The van der Waals surface area contributed by atoms with Gasteiger partial charge in [-0.1, -0.05) is 67.2 Å². The van der Waals surface area contributed by atoms with Crippen LogP contribution in [0.1, 0.15) is 13.3 Å². The summed E-state index contributed by atoms with van der Waals surface area (Å²) in [6.07, 6.45) is 3.29. The van der Waals surface area contributed by atoms with Gasteiger partial charge in [0, 0.05) is 24.1 Å². The molecule has 0 aliphatic rings. The Balaban J connectivity index is 2.22. The summed E-state index contributed by atoms with van der Waals surface area (Å²) in [6, 6.07) is 25.9. The van der Waals surface area contributed by atoms with Gasteiger partial charge in [0.1, 0.15) is 6.54 Å². The molecule has 0 saturated heterocycles. The molecule has 0 N–H and O–H groups in total. The van der Waals surface area contributed by atoms with Gasteiger partial charge in [0.05, 0.1) is 0 Å². The molecule has 0 bridgehead atoms. The predicted octanol–water partition coefficient (Wildman–Crippen LogP) is 5.44. The number of hydrogen-bond donors (Lipinski definition) is 0. The molecule has 0 saturated carbocycles. The second kappa shape index (κ2) is 7.47. The van der Waals surface area contributed by atoms with Crippen LogP contribution >= 0.6 is 11.8 Å². The van der Waals surface area contributed by atoms with E-state index in [1.807, 2.05) is 11.8 Å². The highest BCUT2D eigenvalue weighted by Crippen LogP contribution is 2.27. The maximum atomic E-state index is 2.44. The van der Waals surface area contributed by atoms with Gasteiger partial charge in [0.15, 0.2) is 0 Å². The Kier molecular flexibility index (Phi) is 5.14. The molecule has 0 radical (unpaired) electrons. The van der Waals surface area contributed by atoms with Crippen molar-refractivity contribution in [3.63, 3.8) is 0 Å². The smallest absolute Gasteiger partial charge is 0.186 e. The number of aromatic nitrogens is 1. The summed E-state index contributed by atoms with van der Waals surface area (Å²) in [5, 5.41) is 1.31. The summed E-state index contributed by atoms with van der Waals surface area (Å²) in [6.45, 7) is 3.27. The first-order chi connectivity index (χ1) is 11.3. The second-order valence-corrected chi connectivity index (χ2v) is 6.38. The monoisotopic (exact) mass is 320 g/mol. The average Bonchev–Trinajstić information content (AvgIpc) is 2.63. The van der Waals surface area contributed by atoms with Crippen molar-refractivity contribution in [1.29, 1.82) is 0 Å². The van der Waals surface area contributed by atoms with E-state index in [-0.39, 0.29) is 0 Å². The number of rotatable bonds is 5. The lowest BCUT2D eigenvalue weighted by Crippen LogP contribution is -2.38. The minimum atomic E-state index is 1.04. The third-order valence-corrected chi connectivity index (χ3v) is 4.72. The summed E-state index contributed by atoms with van der Waals surface area (Å²) in [4.78, 5) is 0. The third-order valence-electron chi connectivity index (χ3n) is 3.96. The summed E-state index contributed by atoms with van der Waals surface area (Å²) < 4.78 is 2.44. The van der Waals surface area contributed by atoms with Crippen molar-refractivity contribution in [2.45, 2.75) is 24.9 Å². The number of thioether (sulfide) groups is 1. The summed E-state index contributed by atoms with van der Waals surface area (Å²) in [7, 11) is 0.